The Bertz CT molecular complexity index is 878. The van der Waals surface area contributed by atoms with E-state index in [9.17, 15) is 19.5 Å². The van der Waals surface area contributed by atoms with Crippen LogP contribution in [0.1, 0.15) is 38.2 Å². The number of phenols is 1. The minimum absolute atomic E-state index is 0.0273. The zero-order valence-electron chi connectivity index (χ0n) is 15.9. The fraction of sp³-hybridized carbons (Fsp3) is 0.450. The minimum atomic E-state index is -0.916. The van der Waals surface area contributed by atoms with Crippen LogP contribution in [0.15, 0.2) is 23.4 Å². The van der Waals surface area contributed by atoms with E-state index in [0.717, 1.165) is 0 Å². The van der Waals surface area contributed by atoms with E-state index in [1.165, 1.54) is 13.2 Å². The van der Waals surface area contributed by atoms with E-state index in [1.54, 1.807) is 19.9 Å². The van der Waals surface area contributed by atoms with Gasteiger partial charge in [-0.05, 0) is 37.0 Å². The van der Waals surface area contributed by atoms with Crippen molar-refractivity contribution in [2.45, 2.75) is 32.6 Å². The molecular formula is C20H22ClNO6. The van der Waals surface area contributed by atoms with Crippen molar-refractivity contribution in [2.24, 2.45) is 11.8 Å². The Balaban J connectivity index is 2.11. The minimum Gasteiger partial charge on any atom is -0.503 e. The number of carbonyl (C=O) groups is 3. The third kappa shape index (κ3) is 3.46. The molecule has 1 heterocycles. The van der Waals surface area contributed by atoms with Gasteiger partial charge in [0.25, 0.3) is 0 Å². The first-order chi connectivity index (χ1) is 13.3. The molecule has 0 saturated carbocycles. The van der Waals surface area contributed by atoms with Crippen LogP contribution in [-0.4, -0.2) is 36.5 Å². The lowest BCUT2D eigenvalue weighted by molar-refractivity contribution is -0.151. The van der Waals surface area contributed by atoms with Gasteiger partial charge in [-0.2, -0.15) is 0 Å². The highest BCUT2D eigenvalue weighted by Crippen LogP contribution is 2.45. The predicted molar refractivity (Wildman–Crippen MR) is 101 cm³/mol. The third-order valence-corrected chi connectivity index (χ3v) is 5.49. The molecule has 1 aromatic rings. The Morgan fingerprint density at radius 1 is 1.32 bits per heavy atom. The molecule has 0 spiro atoms. The first-order valence-corrected chi connectivity index (χ1v) is 9.46. The Morgan fingerprint density at radius 2 is 2.04 bits per heavy atom. The smallest absolute Gasteiger partial charge is 0.316 e. The van der Waals surface area contributed by atoms with Gasteiger partial charge in [-0.3, -0.25) is 14.4 Å². The molecular weight excluding hydrogens is 386 g/mol. The number of methoxy groups -OCH3 is 1. The number of halogens is 1. The van der Waals surface area contributed by atoms with Crippen LogP contribution in [0.3, 0.4) is 0 Å². The number of esters is 1. The molecule has 7 nitrogen and oxygen atoms in total. The van der Waals surface area contributed by atoms with Crippen LogP contribution >= 0.6 is 11.6 Å². The van der Waals surface area contributed by atoms with Gasteiger partial charge in [-0.25, -0.2) is 0 Å². The maximum absolute atomic E-state index is 13.2. The molecule has 0 fully saturated rings. The molecule has 0 aromatic heterocycles. The Morgan fingerprint density at radius 3 is 2.68 bits per heavy atom. The highest BCUT2D eigenvalue weighted by Gasteiger charge is 2.45. The van der Waals surface area contributed by atoms with E-state index in [4.69, 9.17) is 21.1 Å². The number of amides is 1. The maximum atomic E-state index is 13.2. The normalized spacial score (nSPS) is 24.5. The SMILES string of the molecule is CCOc1cc([C@@H]2CC(=O)NC3=C2C(=O)[C@H](C(=O)OC)[C@@H](C)C3)cc(Cl)c1O. The molecule has 3 atom stereocenters. The number of phenolic OH excluding ortho intramolecular Hbond substituents is 1. The summed E-state index contributed by atoms with van der Waals surface area (Å²) in [5, 5.41) is 12.9. The summed E-state index contributed by atoms with van der Waals surface area (Å²) in [6.45, 7) is 3.86. The van der Waals surface area contributed by atoms with E-state index in [-0.39, 0.29) is 40.6 Å². The second-order valence-electron chi connectivity index (χ2n) is 7.03. The quantitative estimate of drug-likeness (QED) is 0.587. The second-order valence-corrected chi connectivity index (χ2v) is 7.43. The molecule has 1 aliphatic heterocycles. The summed E-state index contributed by atoms with van der Waals surface area (Å²) in [4.78, 5) is 37.7. The molecule has 0 unspecified atom stereocenters. The molecule has 0 radical (unpaired) electrons. The van der Waals surface area contributed by atoms with Gasteiger partial charge in [0.1, 0.15) is 5.92 Å². The average molecular weight is 408 g/mol. The van der Waals surface area contributed by atoms with Crippen molar-refractivity contribution in [2.75, 3.05) is 13.7 Å². The van der Waals surface area contributed by atoms with E-state index < -0.39 is 17.8 Å². The number of allylic oxidation sites excluding steroid dienone is 2. The third-order valence-electron chi connectivity index (χ3n) is 5.20. The van der Waals surface area contributed by atoms with Crippen LogP contribution in [0.5, 0.6) is 11.5 Å². The largest absolute Gasteiger partial charge is 0.503 e. The van der Waals surface area contributed by atoms with Crippen LogP contribution in [0.25, 0.3) is 0 Å². The maximum Gasteiger partial charge on any atom is 0.316 e. The Kier molecular flexibility index (Phi) is 5.65. The first kappa shape index (κ1) is 20.2. The topological polar surface area (TPSA) is 102 Å². The molecule has 1 aromatic carbocycles. The summed E-state index contributed by atoms with van der Waals surface area (Å²) in [5.41, 5.74) is 1.48. The summed E-state index contributed by atoms with van der Waals surface area (Å²) in [5.74, 6) is -2.97. The molecule has 150 valence electrons. The van der Waals surface area contributed by atoms with Crippen LogP contribution < -0.4 is 10.1 Å². The summed E-state index contributed by atoms with van der Waals surface area (Å²) in [6, 6.07) is 3.10. The van der Waals surface area contributed by atoms with Gasteiger partial charge in [-0.15, -0.1) is 0 Å². The molecule has 0 saturated heterocycles. The van der Waals surface area contributed by atoms with Crippen molar-refractivity contribution in [1.82, 2.24) is 5.32 Å². The summed E-state index contributed by atoms with van der Waals surface area (Å²) in [6.07, 6.45) is 0.409. The van der Waals surface area contributed by atoms with Crippen LogP contribution in [-0.2, 0) is 19.1 Å². The average Bonchev–Trinajstić information content (AvgIpc) is 2.64. The molecule has 28 heavy (non-hydrogen) atoms. The summed E-state index contributed by atoms with van der Waals surface area (Å²) < 4.78 is 10.2. The van der Waals surface area contributed by atoms with Gasteiger partial charge in [0.15, 0.2) is 17.3 Å². The first-order valence-electron chi connectivity index (χ1n) is 9.08. The number of hydrogen-bond donors (Lipinski definition) is 2. The van der Waals surface area contributed by atoms with Crippen molar-refractivity contribution in [3.8, 4) is 11.5 Å². The van der Waals surface area contributed by atoms with Gasteiger partial charge in [-0.1, -0.05) is 18.5 Å². The van der Waals surface area contributed by atoms with Gasteiger partial charge < -0.3 is 19.9 Å². The predicted octanol–water partition coefficient (Wildman–Crippen LogP) is 2.70. The summed E-state index contributed by atoms with van der Waals surface area (Å²) in [7, 11) is 1.25. The molecule has 1 aliphatic carbocycles. The van der Waals surface area contributed by atoms with E-state index in [0.29, 0.717) is 29.9 Å². The second kappa shape index (κ2) is 7.83. The number of rotatable bonds is 4. The number of carbonyl (C=O) groups excluding carboxylic acids is 3. The number of aromatic hydroxyl groups is 1. The zero-order valence-corrected chi connectivity index (χ0v) is 16.6. The van der Waals surface area contributed by atoms with Gasteiger partial charge in [0, 0.05) is 23.6 Å². The van der Waals surface area contributed by atoms with Crippen molar-refractivity contribution in [1.29, 1.82) is 0 Å². The number of nitrogens with one attached hydrogen (secondary N) is 1. The lowest BCUT2D eigenvalue weighted by Gasteiger charge is -2.36. The van der Waals surface area contributed by atoms with Crippen LogP contribution in [0.4, 0.5) is 0 Å². The Labute approximate surface area is 167 Å². The standard InChI is InChI=1S/C20H22ClNO6/c1-4-28-14-7-10(6-12(21)18(14)24)11-8-15(23)22-13-5-9(2)16(20(26)27-3)19(25)17(11)13/h6-7,9,11,16,24H,4-5,8H2,1-3H3,(H,22,23)/t9-,11-,16+/m0/s1. The number of Topliss-reactive ketones (excluding diaryl/α,β-unsaturated/α-hetero) is 1. The fourth-order valence-electron chi connectivity index (χ4n) is 3.94. The van der Waals surface area contributed by atoms with Crippen molar-refractivity contribution < 1.29 is 29.0 Å². The highest BCUT2D eigenvalue weighted by molar-refractivity contribution is 6.32. The lowest BCUT2D eigenvalue weighted by Crippen LogP contribution is -2.44. The molecule has 1 amide bonds. The van der Waals surface area contributed by atoms with Crippen LogP contribution in [0, 0.1) is 11.8 Å². The van der Waals surface area contributed by atoms with Crippen molar-refractivity contribution in [3.63, 3.8) is 0 Å². The molecule has 2 aliphatic rings. The summed E-state index contributed by atoms with van der Waals surface area (Å²) >= 11 is 6.14. The van der Waals surface area contributed by atoms with Gasteiger partial charge in [0.2, 0.25) is 5.91 Å². The number of benzene rings is 1. The lowest BCUT2D eigenvalue weighted by atomic mass is 9.70. The fourth-order valence-corrected chi connectivity index (χ4v) is 4.16. The van der Waals surface area contributed by atoms with Gasteiger partial charge >= 0.3 is 5.97 Å². The monoisotopic (exact) mass is 407 g/mol. The number of ether oxygens (including phenoxy) is 2. The molecule has 3 rings (SSSR count). The molecule has 2 N–H and O–H groups in total. The molecule has 0 bridgehead atoms. The van der Waals surface area contributed by atoms with E-state index in [2.05, 4.69) is 5.32 Å². The highest BCUT2D eigenvalue weighted by atomic mass is 35.5. The molecule has 8 heteroatoms. The zero-order chi connectivity index (χ0) is 20.6. The Hall–Kier alpha value is -2.54. The van der Waals surface area contributed by atoms with Crippen molar-refractivity contribution in [3.05, 3.63) is 34.0 Å². The van der Waals surface area contributed by atoms with E-state index >= 15 is 0 Å². The van der Waals surface area contributed by atoms with Crippen molar-refractivity contribution >= 4 is 29.3 Å². The van der Waals surface area contributed by atoms with Gasteiger partial charge in [0.05, 0.1) is 18.7 Å². The number of ketones is 1. The van der Waals surface area contributed by atoms with E-state index in [1.807, 2.05) is 0 Å². The van der Waals surface area contributed by atoms with Crippen LogP contribution in [0.2, 0.25) is 5.02 Å². The number of hydrogen-bond acceptors (Lipinski definition) is 6.